The molecule has 2 rings (SSSR count). The molecule has 0 saturated heterocycles. The number of nitrogens with zero attached hydrogens (tertiary/aromatic N) is 3. The Morgan fingerprint density at radius 2 is 1.94 bits per heavy atom. The lowest BCUT2D eigenvalue weighted by Crippen LogP contribution is -1.94. The van der Waals surface area contributed by atoms with Gasteiger partial charge in [0.25, 0.3) is 0 Å². The van der Waals surface area contributed by atoms with Crippen LogP contribution in [-0.4, -0.2) is 14.9 Å². The van der Waals surface area contributed by atoms with E-state index < -0.39 is 4.92 Å². The molecule has 0 fully saturated rings. The zero-order chi connectivity index (χ0) is 12.3. The molecule has 2 aromatic heterocycles. The van der Waals surface area contributed by atoms with Gasteiger partial charge in [-0.25, -0.2) is 4.98 Å². The SMILES string of the molecule is Cc1ccc([N+](=O)[O-])c(Sc2ccncc2)n1. The van der Waals surface area contributed by atoms with Gasteiger partial charge in [0, 0.05) is 29.0 Å². The predicted octanol–water partition coefficient (Wildman–Crippen LogP) is 2.84. The summed E-state index contributed by atoms with van der Waals surface area (Å²) in [6, 6.07) is 6.69. The summed E-state index contributed by atoms with van der Waals surface area (Å²) in [4.78, 5) is 19.4. The van der Waals surface area contributed by atoms with Gasteiger partial charge in [0.1, 0.15) is 0 Å². The van der Waals surface area contributed by atoms with Gasteiger partial charge in [0.05, 0.1) is 4.92 Å². The van der Waals surface area contributed by atoms with E-state index in [1.165, 1.54) is 17.8 Å². The van der Waals surface area contributed by atoms with Gasteiger partial charge in [-0.3, -0.25) is 15.1 Å². The molecular formula is C11H9N3O2S. The van der Waals surface area contributed by atoms with Gasteiger partial charge < -0.3 is 0 Å². The number of hydrogen-bond acceptors (Lipinski definition) is 5. The van der Waals surface area contributed by atoms with Crippen molar-refractivity contribution >= 4 is 17.4 Å². The first-order valence-corrected chi connectivity index (χ1v) is 5.68. The molecule has 0 aliphatic carbocycles. The van der Waals surface area contributed by atoms with Gasteiger partial charge in [-0.1, -0.05) is 11.8 Å². The molecule has 5 nitrogen and oxygen atoms in total. The monoisotopic (exact) mass is 247 g/mol. The number of aryl methyl sites for hydroxylation is 1. The number of pyridine rings is 2. The van der Waals surface area contributed by atoms with Gasteiger partial charge in [0.15, 0.2) is 5.03 Å². The molecule has 0 spiro atoms. The van der Waals surface area contributed by atoms with Gasteiger partial charge in [-0.05, 0) is 25.1 Å². The van der Waals surface area contributed by atoms with Gasteiger partial charge in [0.2, 0.25) is 0 Å². The first-order chi connectivity index (χ1) is 8.16. The lowest BCUT2D eigenvalue weighted by atomic mass is 10.3. The molecule has 2 aromatic rings. The minimum absolute atomic E-state index is 0.0254. The lowest BCUT2D eigenvalue weighted by Gasteiger charge is -2.02. The van der Waals surface area contributed by atoms with Gasteiger partial charge in [-0.15, -0.1) is 0 Å². The Morgan fingerprint density at radius 1 is 1.24 bits per heavy atom. The normalized spacial score (nSPS) is 10.2. The van der Waals surface area contributed by atoms with Crippen molar-refractivity contribution in [1.82, 2.24) is 9.97 Å². The molecule has 0 amide bonds. The first kappa shape index (κ1) is 11.5. The Labute approximate surface area is 102 Å². The minimum Gasteiger partial charge on any atom is -0.265 e. The number of rotatable bonds is 3. The summed E-state index contributed by atoms with van der Waals surface area (Å²) in [5, 5.41) is 11.3. The Kier molecular flexibility index (Phi) is 3.34. The fraction of sp³-hybridized carbons (Fsp3) is 0.0909. The maximum Gasteiger partial charge on any atom is 0.301 e. The van der Waals surface area contributed by atoms with E-state index in [1.807, 2.05) is 0 Å². The van der Waals surface area contributed by atoms with Crippen molar-refractivity contribution in [1.29, 1.82) is 0 Å². The Morgan fingerprint density at radius 3 is 2.59 bits per heavy atom. The van der Waals surface area contributed by atoms with Crippen molar-refractivity contribution in [2.75, 3.05) is 0 Å². The summed E-state index contributed by atoms with van der Waals surface area (Å²) in [5.41, 5.74) is 0.782. The van der Waals surface area contributed by atoms with Crippen LogP contribution < -0.4 is 0 Å². The fourth-order valence-electron chi connectivity index (χ4n) is 1.26. The highest BCUT2D eigenvalue weighted by molar-refractivity contribution is 7.99. The van der Waals surface area contributed by atoms with Crippen LogP contribution in [0.15, 0.2) is 46.6 Å². The Bertz CT molecular complexity index is 546. The molecule has 0 aliphatic rings. The third-order valence-electron chi connectivity index (χ3n) is 2.04. The summed E-state index contributed by atoms with van der Waals surface area (Å²) < 4.78 is 0. The zero-order valence-corrected chi connectivity index (χ0v) is 9.85. The standard InChI is InChI=1S/C11H9N3O2S/c1-8-2-3-10(14(15)16)11(13-8)17-9-4-6-12-7-5-9/h2-7H,1H3. The highest BCUT2D eigenvalue weighted by Gasteiger charge is 2.16. The van der Waals surface area contributed by atoms with Gasteiger partial charge in [-0.2, -0.15) is 0 Å². The van der Waals surface area contributed by atoms with Crippen LogP contribution in [0.4, 0.5) is 5.69 Å². The van der Waals surface area contributed by atoms with E-state index in [0.717, 1.165) is 10.6 Å². The summed E-state index contributed by atoms with van der Waals surface area (Å²) in [6.07, 6.45) is 3.29. The van der Waals surface area contributed by atoms with E-state index in [1.54, 1.807) is 37.5 Å². The van der Waals surface area contributed by atoms with E-state index in [0.29, 0.717) is 5.03 Å². The minimum atomic E-state index is -0.421. The Balaban J connectivity index is 2.37. The smallest absolute Gasteiger partial charge is 0.265 e. The van der Waals surface area contributed by atoms with Crippen LogP contribution in [0.1, 0.15) is 5.69 Å². The van der Waals surface area contributed by atoms with Crippen molar-refractivity contribution in [3.63, 3.8) is 0 Å². The van der Waals surface area contributed by atoms with E-state index in [-0.39, 0.29) is 5.69 Å². The van der Waals surface area contributed by atoms with E-state index >= 15 is 0 Å². The second-order valence-electron chi connectivity index (χ2n) is 3.32. The number of aromatic nitrogens is 2. The van der Waals surface area contributed by atoms with Crippen LogP contribution in [0.5, 0.6) is 0 Å². The largest absolute Gasteiger partial charge is 0.301 e. The van der Waals surface area contributed by atoms with Crippen molar-refractivity contribution in [3.05, 3.63) is 52.5 Å². The van der Waals surface area contributed by atoms with E-state index in [9.17, 15) is 10.1 Å². The van der Waals surface area contributed by atoms with Crippen molar-refractivity contribution in [2.45, 2.75) is 16.8 Å². The molecule has 0 bridgehead atoms. The summed E-state index contributed by atoms with van der Waals surface area (Å²) in [5.74, 6) is 0. The average Bonchev–Trinajstić information content (AvgIpc) is 2.30. The average molecular weight is 247 g/mol. The Hall–Kier alpha value is -1.95. The highest BCUT2D eigenvalue weighted by atomic mass is 32.2. The molecule has 86 valence electrons. The van der Waals surface area contributed by atoms with Crippen LogP contribution >= 0.6 is 11.8 Å². The van der Waals surface area contributed by atoms with E-state index in [4.69, 9.17) is 0 Å². The topological polar surface area (TPSA) is 68.9 Å². The van der Waals surface area contributed by atoms with Crippen LogP contribution in [0.25, 0.3) is 0 Å². The molecule has 0 unspecified atom stereocenters. The molecule has 0 aliphatic heterocycles. The number of nitro groups is 1. The van der Waals surface area contributed by atoms with Crippen molar-refractivity contribution in [3.8, 4) is 0 Å². The third-order valence-corrected chi connectivity index (χ3v) is 3.04. The summed E-state index contributed by atoms with van der Waals surface area (Å²) in [7, 11) is 0. The van der Waals surface area contributed by atoms with Crippen molar-refractivity contribution in [2.24, 2.45) is 0 Å². The van der Waals surface area contributed by atoms with Crippen LogP contribution in [0.3, 0.4) is 0 Å². The van der Waals surface area contributed by atoms with Crippen molar-refractivity contribution < 1.29 is 4.92 Å². The highest BCUT2D eigenvalue weighted by Crippen LogP contribution is 2.32. The second kappa shape index (κ2) is 4.92. The molecule has 0 N–H and O–H groups in total. The van der Waals surface area contributed by atoms with Gasteiger partial charge >= 0.3 is 5.69 Å². The molecule has 0 aromatic carbocycles. The first-order valence-electron chi connectivity index (χ1n) is 4.87. The third kappa shape index (κ3) is 2.79. The molecule has 6 heteroatoms. The molecule has 0 atom stereocenters. The lowest BCUT2D eigenvalue weighted by molar-refractivity contribution is -0.388. The summed E-state index contributed by atoms with van der Waals surface area (Å²) in [6.45, 7) is 1.81. The summed E-state index contributed by atoms with van der Waals surface area (Å²) >= 11 is 1.26. The molecular weight excluding hydrogens is 238 g/mol. The molecule has 0 radical (unpaired) electrons. The predicted molar refractivity (Wildman–Crippen MR) is 64.0 cm³/mol. The van der Waals surface area contributed by atoms with Crippen LogP contribution in [0.2, 0.25) is 0 Å². The second-order valence-corrected chi connectivity index (χ2v) is 4.38. The quantitative estimate of drug-likeness (QED) is 0.616. The maximum absolute atomic E-state index is 10.9. The van der Waals surface area contributed by atoms with Crippen LogP contribution in [-0.2, 0) is 0 Å². The fourth-order valence-corrected chi connectivity index (χ4v) is 2.18. The maximum atomic E-state index is 10.9. The zero-order valence-electron chi connectivity index (χ0n) is 9.03. The molecule has 0 saturated carbocycles. The van der Waals surface area contributed by atoms with E-state index in [2.05, 4.69) is 9.97 Å². The number of hydrogen-bond donors (Lipinski definition) is 0. The molecule has 17 heavy (non-hydrogen) atoms. The molecule has 2 heterocycles. The van der Waals surface area contributed by atoms with Crippen LogP contribution in [0, 0.1) is 17.0 Å².